The number of rotatable bonds is 7. The van der Waals surface area contributed by atoms with Gasteiger partial charge >= 0.3 is 0 Å². The van der Waals surface area contributed by atoms with Gasteiger partial charge in [0.05, 0.1) is 6.54 Å². The molecule has 0 bridgehead atoms. The van der Waals surface area contributed by atoms with E-state index in [0.717, 1.165) is 0 Å². The maximum absolute atomic E-state index is 12.1. The molecule has 6 nitrogen and oxygen atoms in total. The molecular formula is C10H18F2N4O2S. The minimum atomic E-state index is -4.03. The molecule has 9 heteroatoms. The first-order valence-electron chi connectivity index (χ1n) is 5.79. The average molecular weight is 296 g/mol. The zero-order chi connectivity index (χ0) is 14.6. The van der Waals surface area contributed by atoms with Crippen molar-refractivity contribution >= 4 is 10.0 Å². The number of aromatic nitrogens is 2. The van der Waals surface area contributed by atoms with Crippen molar-refractivity contribution in [3.05, 3.63) is 11.3 Å². The summed E-state index contributed by atoms with van der Waals surface area (Å²) >= 11 is 0. The van der Waals surface area contributed by atoms with Gasteiger partial charge in [0.2, 0.25) is 0 Å². The Morgan fingerprint density at radius 2 is 2.00 bits per heavy atom. The zero-order valence-corrected chi connectivity index (χ0v) is 11.8. The SMILES string of the molecule is Cc1[nH]nc(S(=O)(=O)NCC(F)F)c1CNC(C)C. The predicted molar refractivity (Wildman–Crippen MR) is 66.5 cm³/mol. The molecule has 0 aliphatic rings. The van der Waals surface area contributed by atoms with Crippen LogP contribution in [0.25, 0.3) is 0 Å². The van der Waals surface area contributed by atoms with Gasteiger partial charge in [-0.2, -0.15) is 5.10 Å². The number of nitrogens with one attached hydrogen (secondary N) is 3. The lowest BCUT2D eigenvalue weighted by Crippen LogP contribution is -2.30. The van der Waals surface area contributed by atoms with Crippen molar-refractivity contribution in [2.24, 2.45) is 0 Å². The summed E-state index contributed by atoms with van der Waals surface area (Å²) in [5.41, 5.74) is 1.04. The third-order valence-corrected chi connectivity index (χ3v) is 3.80. The fourth-order valence-electron chi connectivity index (χ4n) is 1.41. The largest absolute Gasteiger partial charge is 0.310 e. The van der Waals surface area contributed by atoms with E-state index in [2.05, 4.69) is 15.5 Å². The second-order valence-electron chi connectivity index (χ2n) is 4.41. The van der Waals surface area contributed by atoms with Gasteiger partial charge in [-0.15, -0.1) is 0 Å². The molecule has 0 aromatic carbocycles. The van der Waals surface area contributed by atoms with E-state index in [0.29, 0.717) is 17.8 Å². The summed E-state index contributed by atoms with van der Waals surface area (Å²) in [6, 6.07) is 0.166. The highest BCUT2D eigenvalue weighted by Crippen LogP contribution is 2.16. The molecule has 3 N–H and O–H groups in total. The van der Waals surface area contributed by atoms with Gasteiger partial charge in [-0.3, -0.25) is 5.10 Å². The first-order valence-corrected chi connectivity index (χ1v) is 7.27. The molecule has 0 radical (unpaired) electrons. The first kappa shape index (κ1) is 16.0. The molecule has 0 amide bonds. The van der Waals surface area contributed by atoms with Gasteiger partial charge in [0.25, 0.3) is 16.4 Å². The molecule has 0 atom stereocenters. The summed E-state index contributed by atoms with van der Waals surface area (Å²) in [5, 5.41) is 9.07. The van der Waals surface area contributed by atoms with Gasteiger partial charge in [-0.05, 0) is 6.92 Å². The Morgan fingerprint density at radius 3 is 2.53 bits per heavy atom. The van der Waals surface area contributed by atoms with Crippen molar-refractivity contribution in [1.82, 2.24) is 20.2 Å². The monoisotopic (exact) mass is 296 g/mol. The lowest BCUT2D eigenvalue weighted by atomic mass is 10.2. The number of sulfonamides is 1. The standard InChI is InChI=1S/C10H18F2N4O2S/c1-6(2)13-4-8-7(3)15-16-10(8)19(17,18)14-5-9(11)12/h6,9,13-14H,4-5H2,1-3H3,(H,15,16). The fourth-order valence-corrected chi connectivity index (χ4v) is 2.61. The average Bonchev–Trinajstić information content (AvgIpc) is 2.66. The molecule has 19 heavy (non-hydrogen) atoms. The van der Waals surface area contributed by atoms with Gasteiger partial charge < -0.3 is 5.32 Å². The van der Waals surface area contributed by atoms with Crippen LogP contribution in [0.15, 0.2) is 5.03 Å². The topological polar surface area (TPSA) is 86.9 Å². The summed E-state index contributed by atoms with van der Waals surface area (Å²) in [7, 11) is -4.03. The molecule has 0 saturated carbocycles. The van der Waals surface area contributed by atoms with Crippen molar-refractivity contribution in [2.75, 3.05) is 6.54 Å². The number of H-pyrrole nitrogens is 1. The summed E-state index contributed by atoms with van der Waals surface area (Å²) in [5.74, 6) is 0. The summed E-state index contributed by atoms with van der Waals surface area (Å²) < 4.78 is 49.7. The zero-order valence-electron chi connectivity index (χ0n) is 11.0. The van der Waals surface area contributed by atoms with E-state index in [4.69, 9.17) is 0 Å². The van der Waals surface area contributed by atoms with Crippen LogP contribution in [-0.2, 0) is 16.6 Å². The minimum absolute atomic E-state index is 0.166. The Kier molecular flexibility index (Phi) is 5.39. The summed E-state index contributed by atoms with van der Waals surface area (Å²) in [4.78, 5) is 0. The Bertz CT molecular complexity index is 514. The van der Waals surface area contributed by atoms with Crippen LogP contribution in [0.5, 0.6) is 0 Å². The molecule has 0 fully saturated rings. The van der Waals surface area contributed by atoms with Gasteiger partial charge in [-0.1, -0.05) is 13.8 Å². The maximum atomic E-state index is 12.1. The van der Waals surface area contributed by atoms with Gasteiger partial charge in [0.15, 0.2) is 5.03 Å². The van der Waals surface area contributed by atoms with E-state index < -0.39 is 23.0 Å². The minimum Gasteiger partial charge on any atom is -0.310 e. The van der Waals surface area contributed by atoms with Gasteiger partial charge in [-0.25, -0.2) is 21.9 Å². The Balaban J connectivity index is 2.93. The van der Waals surface area contributed by atoms with E-state index >= 15 is 0 Å². The third-order valence-electron chi connectivity index (χ3n) is 2.41. The molecule has 1 aromatic heterocycles. The van der Waals surface area contributed by atoms with Crippen molar-refractivity contribution in [1.29, 1.82) is 0 Å². The molecule has 0 spiro atoms. The van der Waals surface area contributed by atoms with Crippen LogP contribution in [0, 0.1) is 6.92 Å². The van der Waals surface area contributed by atoms with Crippen LogP contribution in [0.1, 0.15) is 25.1 Å². The third kappa shape index (κ3) is 4.51. The number of aryl methyl sites for hydroxylation is 1. The lowest BCUT2D eigenvalue weighted by Gasteiger charge is -2.10. The van der Waals surface area contributed by atoms with Crippen molar-refractivity contribution < 1.29 is 17.2 Å². The number of aromatic amines is 1. The van der Waals surface area contributed by atoms with E-state index in [1.54, 1.807) is 6.92 Å². The number of nitrogens with zero attached hydrogens (tertiary/aromatic N) is 1. The van der Waals surface area contributed by atoms with Crippen molar-refractivity contribution in [3.8, 4) is 0 Å². The Hall–Kier alpha value is -1.06. The molecule has 1 heterocycles. The second kappa shape index (κ2) is 6.40. The van der Waals surface area contributed by atoms with Crippen LogP contribution in [0.2, 0.25) is 0 Å². The van der Waals surface area contributed by atoms with Gasteiger partial charge in [0, 0.05) is 23.8 Å². The van der Waals surface area contributed by atoms with Crippen LogP contribution < -0.4 is 10.0 Å². The summed E-state index contributed by atoms with van der Waals surface area (Å²) in [6.07, 6.45) is -2.74. The highest BCUT2D eigenvalue weighted by molar-refractivity contribution is 7.89. The molecule has 0 unspecified atom stereocenters. The molecule has 0 aliphatic heterocycles. The Morgan fingerprint density at radius 1 is 1.37 bits per heavy atom. The fraction of sp³-hybridized carbons (Fsp3) is 0.700. The number of hydrogen-bond acceptors (Lipinski definition) is 4. The van der Waals surface area contributed by atoms with Crippen LogP contribution >= 0.6 is 0 Å². The maximum Gasteiger partial charge on any atom is 0.260 e. The molecule has 110 valence electrons. The first-order chi connectivity index (χ1) is 8.74. The van der Waals surface area contributed by atoms with Crippen LogP contribution in [0.4, 0.5) is 8.78 Å². The van der Waals surface area contributed by atoms with Crippen molar-refractivity contribution in [3.63, 3.8) is 0 Å². The predicted octanol–water partition coefficient (Wildman–Crippen LogP) is 0.760. The summed E-state index contributed by atoms with van der Waals surface area (Å²) in [6.45, 7) is 4.88. The lowest BCUT2D eigenvalue weighted by molar-refractivity contribution is 0.153. The number of halogens is 2. The molecular weight excluding hydrogens is 278 g/mol. The number of hydrogen-bond donors (Lipinski definition) is 3. The molecule has 1 aromatic rings. The van der Waals surface area contributed by atoms with E-state index in [1.807, 2.05) is 18.6 Å². The smallest absolute Gasteiger partial charge is 0.260 e. The highest BCUT2D eigenvalue weighted by Gasteiger charge is 2.24. The normalized spacial score (nSPS) is 12.6. The Labute approximate surface area is 111 Å². The molecule has 0 aliphatic carbocycles. The van der Waals surface area contributed by atoms with E-state index in [1.165, 1.54) is 0 Å². The van der Waals surface area contributed by atoms with Crippen LogP contribution in [-0.4, -0.2) is 37.6 Å². The number of alkyl halides is 2. The second-order valence-corrected chi connectivity index (χ2v) is 6.09. The quantitative estimate of drug-likeness (QED) is 0.693. The highest BCUT2D eigenvalue weighted by atomic mass is 32.2. The van der Waals surface area contributed by atoms with E-state index in [9.17, 15) is 17.2 Å². The van der Waals surface area contributed by atoms with Gasteiger partial charge in [0.1, 0.15) is 0 Å². The molecule has 0 saturated heterocycles. The molecule has 1 rings (SSSR count). The van der Waals surface area contributed by atoms with Crippen molar-refractivity contribution in [2.45, 2.75) is 44.8 Å². The van der Waals surface area contributed by atoms with E-state index in [-0.39, 0.29) is 11.1 Å². The van der Waals surface area contributed by atoms with Crippen LogP contribution in [0.3, 0.4) is 0 Å².